The Morgan fingerprint density at radius 2 is 2.02 bits per heavy atom. The van der Waals surface area contributed by atoms with E-state index in [9.17, 15) is 17.4 Å². The van der Waals surface area contributed by atoms with E-state index < -0.39 is 22.5 Å². The Balaban J connectivity index is 1.21. The van der Waals surface area contributed by atoms with Gasteiger partial charge < -0.3 is 20.3 Å². The highest BCUT2D eigenvalue weighted by molar-refractivity contribution is 7.85. The first-order valence-corrected chi connectivity index (χ1v) is 16.5. The van der Waals surface area contributed by atoms with Crippen molar-refractivity contribution in [3.05, 3.63) is 46.5 Å². The molecule has 2 N–H and O–H groups in total. The zero-order chi connectivity index (χ0) is 29.0. The number of nitrogens with zero attached hydrogens (tertiary/aromatic N) is 4. The van der Waals surface area contributed by atoms with Crippen LogP contribution in [0.4, 0.5) is 30.5 Å². The number of aromatic nitrogens is 2. The first-order valence-electron chi connectivity index (χ1n) is 14.4. The van der Waals surface area contributed by atoms with Crippen LogP contribution in [0, 0.1) is 0 Å². The lowest BCUT2D eigenvalue weighted by Gasteiger charge is -2.36. The van der Waals surface area contributed by atoms with Gasteiger partial charge in [0.15, 0.2) is 0 Å². The molecule has 0 bridgehead atoms. The van der Waals surface area contributed by atoms with Crippen molar-refractivity contribution >= 4 is 39.5 Å². The number of nitrogens with one attached hydrogen (secondary N) is 2. The van der Waals surface area contributed by atoms with Crippen molar-refractivity contribution in [3.8, 4) is 10.6 Å². The van der Waals surface area contributed by atoms with Crippen LogP contribution in [0.25, 0.3) is 10.6 Å². The summed E-state index contributed by atoms with van der Waals surface area (Å²) < 4.78 is 60.9. The fourth-order valence-corrected chi connectivity index (χ4v) is 8.62. The van der Waals surface area contributed by atoms with E-state index >= 15 is 0 Å². The molecule has 3 aliphatic heterocycles. The molecule has 3 aromatic rings. The Morgan fingerprint density at radius 1 is 1.19 bits per heavy atom. The van der Waals surface area contributed by atoms with Crippen LogP contribution in [0.3, 0.4) is 0 Å². The van der Waals surface area contributed by atoms with E-state index in [1.807, 2.05) is 6.07 Å². The second-order valence-electron chi connectivity index (χ2n) is 11.5. The molecule has 1 saturated carbocycles. The average molecular weight is 619 g/mol. The monoisotopic (exact) mass is 618 g/mol. The number of alkyl halides is 3. The van der Waals surface area contributed by atoms with Crippen molar-refractivity contribution in [3.63, 3.8) is 0 Å². The molecule has 0 amide bonds. The third-order valence-electron chi connectivity index (χ3n) is 8.42. The van der Waals surface area contributed by atoms with Gasteiger partial charge in [-0.3, -0.25) is 9.11 Å². The molecule has 42 heavy (non-hydrogen) atoms. The largest absolute Gasteiger partial charge is 0.420 e. The van der Waals surface area contributed by atoms with Gasteiger partial charge in [0.2, 0.25) is 5.95 Å². The second kappa shape index (κ2) is 11.2. The number of halogens is 3. The Bertz CT molecular complexity index is 1510. The molecule has 0 spiro atoms. The van der Waals surface area contributed by atoms with Crippen LogP contribution in [0.15, 0.2) is 35.4 Å². The molecular weight excluding hydrogens is 585 g/mol. The molecule has 2 aromatic heterocycles. The number of fused-ring (bicyclic) bond motifs is 1. The lowest BCUT2D eigenvalue weighted by atomic mass is 10.1. The molecule has 0 radical (unpaired) electrons. The van der Waals surface area contributed by atoms with Gasteiger partial charge in [0.25, 0.3) is 0 Å². The predicted octanol–water partition coefficient (Wildman–Crippen LogP) is 4.97. The van der Waals surface area contributed by atoms with E-state index in [2.05, 4.69) is 49.5 Å². The zero-order valence-electron chi connectivity index (χ0n) is 23.2. The van der Waals surface area contributed by atoms with Crippen LogP contribution in [0.2, 0.25) is 0 Å². The standard InChI is InChI=1S/C29H33F3N6O2S2/c1-17-13-37(7-6-33-17)19-4-5-23(21(10-19)18-2-3-18)35-28-34-12-22(29(30,31)32)27(36-28)24-11-26-25(41-24)14-38(8-9-42(26)39)20-15-40-16-20/h4-5,10-12,17-18,20,33H,2-3,6-9,13-16H2,1H3,(H,34,35,36). The SMILES string of the molecule is CC1CN(c2ccc(Nc3ncc(C(F)(F)F)c(-c4cc5c(s4)CN(C4COC4)CCS5=O)n3)c(C3CC3)c2)CCN1. The number of hydrogen-bond donors (Lipinski definition) is 2. The Kier molecular flexibility index (Phi) is 7.50. The van der Waals surface area contributed by atoms with Crippen LogP contribution < -0.4 is 15.5 Å². The van der Waals surface area contributed by atoms with Gasteiger partial charge in [0.1, 0.15) is 5.56 Å². The number of benzene rings is 1. The zero-order valence-corrected chi connectivity index (χ0v) is 24.9. The predicted molar refractivity (Wildman–Crippen MR) is 158 cm³/mol. The highest BCUT2D eigenvalue weighted by Crippen LogP contribution is 2.46. The minimum atomic E-state index is -4.63. The first-order chi connectivity index (χ1) is 20.2. The summed E-state index contributed by atoms with van der Waals surface area (Å²) >= 11 is 1.24. The molecule has 224 valence electrons. The van der Waals surface area contributed by atoms with E-state index in [-0.39, 0.29) is 17.7 Å². The van der Waals surface area contributed by atoms with Crippen LogP contribution in [-0.2, 0) is 28.3 Å². The summed E-state index contributed by atoms with van der Waals surface area (Å²) in [6.45, 7) is 7.40. The van der Waals surface area contributed by atoms with Gasteiger partial charge in [0, 0.05) is 67.0 Å². The van der Waals surface area contributed by atoms with E-state index in [0.717, 1.165) is 60.5 Å². The van der Waals surface area contributed by atoms with Gasteiger partial charge in [-0.2, -0.15) is 13.2 Å². The summed E-state index contributed by atoms with van der Waals surface area (Å²) in [4.78, 5) is 14.9. The van der Waals surface area contributed by atoms with Crippen LogP contribution >= 0.6 is 11.3 Å². The molecule has 7 rings (SSSR count). The molecule has 1 aromatic carbocycles. The quantitative estimate of drug-likeness (QED) is 0.401. The molecule has 4 aliphatic rings. The summed E-state index contributed by atoms with van der Waals surface area (Å²) in [5.74, 6) is 0.963. The summed E-state index contributed by atoms with van der Waals surface area (Å²) in [5, 5.41) is 6.71. The van der Waals surface area contributed by atoms with Gasteiger partial charge >= 0.3 is 6.18 Å². The lowest BCUT2D eigenvalue weighted by molar-refractivity contribution is -0.137. The number of hydrogen-bond acceptors (Lipinski definition) is 9. The van der Waals surface area contributed by atoms with E-state index in [1.165, 1.54) is 11.3 Å². The molecule has 2 atom stereocenters. The van der Waals surface area contributed by atoms with Gasteiger partial charge in [0.05, 0.1) is 45.5 Å². The van der Waals surface area contributed by atoms with Gasteiger partial charge in [-0.25, -0.2) is 9.97 Å². The maximum Gasteiger partial charge on any atom is 0.420 e. The number of ether oxygens (including phenoxy) is 1. The maximum atomic E-state index is 14.2. The first kappa shape index (κ1) is 28.2. The minimum Gasteiger partial charge on any atom is -0.378 e. The molecule has 2 unspecified atom stereocenters. The lowest BCUT2D eigenvalue weighted by Crippen LogP contribution is -2.49. The molecule has 5 heterocycles. The molecule has 1 aliphatic carbocycles. The van der Waals surface area contributed by atoms with E-state index in [0.29, 0.717) is 53.8 Å². The Labute approximate surface area is 249 Å². The fraction of sp³-hybridized carbons (Fsp3) is 0.517. The molecule has 8 nitrogen and oxygen atoms in total. The topological polar surface area (TPSA) is 82.6 Å². The molecule has 3 fully saturated rings. The summed E-state index contributed by atoms with van der Waals surface area (Å²) in [6, 6.07) is 8.54. The van der Waals surface area contributed by atoms with E-state index in [1.54, 1.807) is 6.07 Å². The number of thiophene rings is 1. The Morgan fingerprint density at radius 3 is 2.74 bits per heavy atom. The molecular formula is C29H33F3N6O2S2. The fourth-order valence-electron chi connectivity index (χ4n) is 5.87. The van der Waals surface area contributed by atoms with Crippen molar-refractivity contribution in [1.82, 2.24) is 20.2 Å². The third-order valence-corrected chi connectivity index (χ3v) is 11.1. The van der Waals surface area contributed by atoms with Gasteiger partial charge in [-0.05, 0) is 55.5 Å². The summed E-state index contributed by atoms with van der Waals surface area (Å²) in [5.41, 5.74) is 2.03. The highest BCUT2D eigenvalue weighted by Gasteiger charge is 2.37. The summed E-state index contributed by atoms with van der Waals surface area (Å²) in [7, 11) is -1.29. The average Bonchev–Trinajstić information content (AvgIpc) is 3.71. The Hall–Kier alpha value is -2.58. The minimum absolute atomic E-state index is 0.112. The van der Waals surface area contributed by atoms with Crippen LogP contribution in [0.5, 0.6) is 0 Å². The second-order valence-corrected chi connectivity index (χ2v) is 14.2. The summed E-state index contributed by atoms with van der Waals surface area (Å²) in [6.07, 6.45) is -1.61. The number of anilines is 3. The third kappa shape index (κ3) is 5.69. The van der Waals surface area contributed by atoms with Crippen LogP contribution in [-0.4, -0.2) is 76.3 Å². The van der Waals surface area contributed by atoms with Crippen molar-refractivity contribution in [2.75, 3.05) is 55.4 Å². The van der Waals surface area contributed by atoms with Crippen LogP contribution in [0.1, 0.15) is 41.7 Å². The molecule has 2 saturated heterocycles. The van der Waals surface area contributed by atoms with Gasteiger partial charge in [-0.15, -0.1) is 11.3 Å². The van der Waals surface area contributed by atoms with Crippen molar-refractivity contribution in [2.24, 2.45) is 0 Å². The normalized spacial score (nSPS) is 23.8. The van der Waals surface area contributed by atoms with Crippen molar-refractivity contribution < 1.29 is 22.1 Å². The van der Waals surface area contributed by atoms with Crippen molar-refractivity contribution in [1.29, 1.82) is 0 Å². The number of rotatable bonds is 6. The molecule has 13 heteroatoms. The van der Waals surface area contributed by atoms with E-state index in [4.69, 9.17) is 4.74 Å². The maximum absolute atomic E-state index is 14.2. The highest BCUT2D eigenvalue weighted by atomic mass is 32.2. The van der Waals surface area contributed by atoms with Gasteiger partial charge in [-0.1, -0.05) is 0 Å². The van der Waals surface area contributed by atoms with Crippen molar-refractivity contribution in [2.45, 2.75) is 55.4 Å². The smallest absolute Gasteiger partial charge is 0.378 e. The number of piperazine rings is 1.